The van der Waals surface area contributed by atoms with Crippen molar-refractivity contribution in [2.75, 3.05) is 18.1 Å². The molecule has 3 aromatic rings. The lowest BCUT2D eigenvalue weighted by Gasteiger charge is -2.27. The van der Waals surface area contributed by atoms with E-state index < -0.39 is 0 Å². The predicted octanol–water partition coefficient (Wildman–Crippen LogP) is 3.28. The molecule has 1 aliphatic heterocycles. The van der Waals surface area contributed by atoms with Gasteiger partial charge in [0.2, 0.25) is 0 Å². The van der Waals surface area contributed by atoms with Crippen molar-refractivity contribution in [2.45, 2.75) is 44.6 Å². The Kier molecular flexibility index (Phi) is 3.96. The number of nitrogens with zero attached hydrogens (tertiary/aromatic N) is 4. The molecule has 1 fully saturated rings. The van der Waals surface area contributed by atoms with Gasteiger partial charge in [0.25, 0.3) is 0 Å². The third-order valence-corrected chi connectivity index (χ3v) is 5.63. The highest BCUT2D eigenvalue weighted by molar-refractivity contribution is 5.83. The number of benzene rings is 1. The number of aromatic nitrogens is 4. The lowest BCUT2D eigenvalue weighted by molar-refractivity contribution is 0.284. The molecule has 0 saturated carbocycles. The lowest BCUT2D eigenvalue weighted by atomic mass is 9.91. The summed E-state index contributed by atoms with van der Waals surface area (Å²) in [4.78, 5) is 18.6. The summed E-state index contributed by atoms with van der Waals surface area (Å²) in [5, 5.41) is 0. The Hall–Kier alpha value is -2.63. The average Bonchev–Trinajstić information content (AvgIpc) is 3.35. The summed E-state index contributed by atoms with van der Waals surface area (Å²) in [6, 6.07) is 6.83. The maximum atomic E-state index is 6.32. The molecular formula is C20H23N5O. The van der Waals surface area contributed by atoms with E-state index in [-0.39, 0.29) is 0 Å². The Morgan fingerprint density at radius 3 is 3.08 bits per heavy atom. The number of fused-ring (bicyclic) bond motifs is 2. The van der Waals surface area contributed by atoms with Crippen LogP contribution in [0, 0.1) is 0 Å². The van der Waals surface area contributed by atoms with Crippen LogP contribution in [0.15, 0.2) is 30.9 Å². The maximum Gasteiger partial charge on any atom is 0.162 e. The molecule has 2 aromatic heterocycles. The molecular weight excluding hydrogens is 326 g/mol. The van der Waals surface area contributed by atoms with Crippen LogP contribution in [0.25, 0.3) is 11.2 Å². The Labute approximate surface area is 152 Å². The third kappa shape index (κ3) is 2.69. The topological polar surface area (TPSA) is 66.9 Å². The lowest BCUT2D eigenvalue weighted by Crippen LogP contribution is -2.35. The van der Waals surface area contributed by atoms with Crippen molar-refractivity contribution in [1.29, 1.82) is 0 Å². The zero-order valence-corrected chi connectivity index (χ0v) is 14.8. The number of H-pyrrole nitrogens is 1. The molecule has 5 rings (SSSR count). The van der Waals surface area contributed by atoms with E-state index in [1.807, 2.05) is 0 Å². The van der Waals surface area contributed by atoms with E-state index in [0.717, 1.165) is 48.5 Å². The molecule has 1 aliphatic carbocycles. The summed E-state index contributed by atoms with van der Waals surface area (Å²) < 4.78 is 6.32. The van der Waals surface area contributed by atoms with Gasteiger partial charge in [0, 0.05) is 6.54 Å². The summed E-state index contributed by atoms with van der Waals surface area (Å²) in [6.45, 7) is 1.67. The number of anilines is 1. The maximum absolute atomic E-state index is 6.32. The molecule has 6 nitrogen and oxygen atoms in total. The van der Waals surface area contributed by atoms with Gasteiger partial charge in [0.05, 0.1) is 12.4 Å². The second-order valence-corrected chi connectivity index (χ2v) is 7.20. The smallest absolute Gasteiger partial charge is 0.162 e. The molecule has 6 heteroatoms. The molecule has 0 unspecified atom stereocenters. The minimum Gasteiger partial charge on any atom is -0.491 e. The van der Waals surface area contributed by atoms with Gasteiger partial charge >= 0.3 is 0 Å². The highest BCUT2D eigenvalue weighted by Gasteiger charge is 2.29. The van der Waals surface area contributed by atoms with Crippen molar-refractivity contribution in [3.05, 3.63) is 42.0 Å². The fourth-order valence-electron chi connectivity index (χ4n) is 4.32. The van der Waals surface area contributed by atoms with Crippen LogP contribution in [0.2, 0.25) is 0 Å². The van der Waals surface area contributed by atoms with Gasteiger partial charge in [-0.1, -0.05) is 12.1 Å². The van der Waals surface area contributed by atoms with Crippen LogP contribution < -0.4 is 9.64 Å². The Morgan fingerprint density at radius 2 is 2.08 bits per heavy atom. The Bertz CT molecular complexity index is 921. The van der Waals surface area contributed by atoms with Crippen LogP contribution in [0.5, 0.6) is 5.75 Å². The van der Waals surface area contributed by atoms with Gasteiger partial charge in [-0.15, -0.1) is 0 Å². The first-order valence-corrected chi connectivity index (χ1v) is 9.54. The number of ether oxygens (including phenoxy) is 1. The minimum atomic E-state index is 0.323. The van der Waals surface area contributed by atoms with Crippen molar-refractivity contribution >= 4 is 17.0 Å². The van der Waals surface area contributed by atoms with E-state index in [1.165, 1.54) is 30.4 Å². The van der Waals surface area contributed by atoms with Gasteiger partial charge in [0.15, 0.2) is 11.5 Å². The molecule has 3 heterocycles. The van der Waals surface area contributed by atoms with Gasteiger partial charge < -0.3 is 14.6 Å². The molecule has 1 N–H and O–H groups in total. The monoisotopic (exact) mass is 349 g/mol. The first kappa shape index (κ1) is 15.6. The molecule has 0 amide bonds. The van der Waals surface area contributed by atoms with Gasteiger partial charge in [-0.25, -0.2) is 15.0 Å². The van der Waals surface area contributed by atoms with Crippen LogP contribution in [0.3, 0.4) is 0 Å². The molecule has 0 bridgehead atoms. The highest BCUT2D eigenvalue weighted by atomic mass is 16.5. The van der Waals surface area contributed by atoms with E-state index in [2.05, 4.69) is 43.0 Å². The molecule has 26 heavy (non-hydrogen) atoms. The van der Waals surface area contributed by atoms with Crippen LogP contribution in [-0.4, -0.2) is 39.1 Å². The van der Waals surface area contributed by atoms with E-state index >= 15 is 0 Å². The van der Waals surface area contributed by atoms with Crippen molar-refractivity contribution in [3.8, 4) is 5.75 Å². The fourth-order valence-corrected chi connectivity index (χ4v) is 4.32. The van der Waals surface area contributed by atoms with E-state index in [0.29, 0.717) is 12.6 Å². The highest BCUT2D eigenvalue weighted by Crippen LogP contribution is 2.32. The van der Waals surface area contributed by atoms with Crippen LogP contribution in [0.4, 0.5) is 5.82 Å². The first-order valence-electron chi connectivity index (χ1n) is 9.54. The fraction of sp³-hybridized carbons (Fsp3) is 0.450. The number of aryl methyl sites for hydroxylation is 1. The largest absolute Gasteiger partial charge is 0.491 e. The second kappa shape index (κ2) is 6.59. The van der Waals surface area contributed by atoms with Crippen molar-refractivity contribution in [1.82, 2.24) is 19.9 Å². The minimum absolute atomic E-state index is 0.323. The van der Waals surface area contributed by atoms with E-state index in [9.17, 15) is 0 Å². The molecule has 0 spiro atoms. The van der Waals surface area contributed by atoms with Crippen LogP contribution in [0.1, 0.15) is 36.8 Å². The summed E-state index contributed by atoms with van der Waals surface area (Å²) >= 11 is 0. The molecule has 134 valence electrons. The molecule has 1 atom stereocenters. The molecule has 0 radical (unpaired) electrons. The SMILES string of the molecule is c1cc2c(c(OC[C@H]3CCCN3c3ncnc4[nH]cnc34)c1)CCCC2. The molecule has 1 aromatic carbocycles. The zero-order valence-electron chi connectivity index (χ0n) is 14.8. The van der Waals surface area contributed by atoms with Gasteiger partial charge in [0.1, 0.15) is 24.2 Å². The summed E-state index contributed by atoms with van der Waals surface area (Å²) in [6.07, 6.45) is 10.4. The van der Waals surface area contributed by atoms with Crippen LogP contribution >= 0.6 is 0 Å². The second-order valence-electron chi connectivity index (χ2n) is 7.20. The van der Waals surface area contributed by atoms with Gasteiger partial charge in [-0.05, 0) is 55.7 Å². The van der Waals surface area contributed by atoms with E-state index in [1.54, 1.807) is 12.7 Å². The number of hydrogen-bond acceptors (Lipinski definition) is 5. The van der Waals surface area contributed by atoms with Crippen LogP contribution in [-0.2, 0) is 12.8 Å². The average molecular weight is 349 g/mol. The molecule has 2 aliphatic rings. The number of hydrogen-bond donors (Lipinski definition) is 1. The van der Waals surface area contributed by atoms with E-state index in [4.69, 9.17) is 4.74 Å². The van der Waals surface area contributed by atoms with Crippen molar-refractivity contribution in [3.63, 3.8) is 0 Å². The quantitative estimate of drug-likeness (QED) is 0.783. The third-order valence-electron chi connectivity index (χ3n) is 5.63. The standard InChI is InChI=1S/C20H23N5O/c1-2-8-16-14(5-1)6-3-9-17(16)26-11-15-7-4-10-25(15)20-18-19(22-12-21-18)23-13-24-20/h3,6,9,12-13,15H,1-2,4-5,7-8,10-11H2,(H,21,22,23,24)/t15-/m1/s1. The number of aromatic amines is 1. The predicted molar refractivity (Wildman–Crippen MR) is 101 cm³/mol. The summed E-state index contributed by atoms with van der Waals surface area (Å²) in [5.41, 5.74) is 4.52. The van der Waals surface area contributed by atoms with Gasteiger partial charge in [-0.3, -0.25) is 0 Å². The summed E-state index contributed by atoms with van der Waals surface area (Å²) in [7, 11) is 0. The van der Waals surface area contributed by atoms with Crippen molar-refractivity contribution in [2.24, 2.45) is 0 Å². The Morgan fingerprint density at radius 1 is 1.12 bits per heavy atom. The zero-order chi connectivity index (χ0) is 17.3. The van der Waals surface area contributed by atoms with Crippen molar-refractivity contribution < 1.29 is 4.74 Å². The number of rotatable bonds is 4. The normalized spacial score (nSPS) is 19.7. The molecule has 1 saturated heterocycles. The van der Waals surface area contributed by atoms with Gasteiger partial charge in [-0.2, -0.15) is 0 Å². The Balaban J connectivity index is 1.37. The number of nitrogens with one attached hydrogen (secondary N) is 1. The first-order chi connectivity index (χ1) is 12.9. The number of imidazole rings is 1. The summed E-state index contributed by atoms with van der Waals surface area (Å²) in [5.74, 6) is 1.99.